The number of unbranched alkanes of at least 4 members (excludes halogenated alkanes) is 1. The SMILES string of the molecule is CC(C)C[C@H](NC(=O)[C@@H]1CCCN1C(=O)CCCCN)C(=O)N[C@@H](C)C(=O)N[C@@H](Cc1ccccc1)C(=O)N[C@H](C(=O)N[C@@H](C)C(=O)O)C(C)C. The summed E-state index contributed by atoms with van der Waals surface area (Å²) in [5.74, 6) is -4.83. The second kappa shape index (κ2) is 21.0. The standard InChI is InChI=1S/C36H57N7O8/c1-21(2)19-26(41-34(48)28-15-12-18-43(28)29(44)16-10-11-17-37)32(46)38-23(5)31(45)40-27(20-25-13-8-7-9-14-25)33(47)42-30(22(3)4)35(49)39-24(6)36(50)51/h7-9,13-14,21-24,26-28,30H,10-12,15-20,37H2,1-6H3,(H,38,46)(H,39,49)(H,40,45)(H,41,48)(H,42,47)(H,50,51)/t23-,24-,26-,27-,28-,30-/m0/s1. The first-order valence-corrected chi connectivity index (χ1v) is 17.8. The van der Waals surface area contributed by atoms with Crippen LogP contribution in [0.25, 0.3) is 0 Å². The highest BCUT2D eigenvalue weighted by molar-refractivity contribution is 5.96. The summed E-state index contributed by atoms with van der Waals surface area (Å²) in [7, 11) is 0. The molecule has 6 atom stereocenters. The quantitative estimate of drug-likeness (QED) is 0.0937. The van der Waals surface area contributed by atoms with Crippen molar-refractivity contribution in [1.29, 1.82) is 0 Å². The van der Waals surface area contributed by atoms with Crippen molar-refractivity contribution in [3.8, 4) is 0 Å². The molecule has 0 spiro atoms. The molecule has 0 radical (unpaired) electrons. The van der Waals surface area contributed by atoms with E-state index in [1.54, 1.807) is 49.1 Å². The highest BCUT2D eigenvalue weighted by atomic mass is 16.4. The van der Waals surface area contributed by atoms with Crippen molar-refractivity contribution < 1.29 is 38.7 Å². The van der Waals surface area contributed by atoms with Gasteiger partial charge in [-0.15, -0.1) is 0 Å². The maximum atomic E-state index is 13.6. The summed E-state index contributed by atoms with van der Waals surface area (Å²) in [6.07, 6.45) is 3.12. The topological polar surface area (TPSA) is 229 Å². The molecule has 1 aliphatic heterocycles. The second-order valence-electron chi connectivity index (χ2n) is 14.0. The number of carbonyl (C=O) groups is 7. The first kappa shape index (κ1) is 42.6. The molecule has 0 aliphatic carbocycles. The molecule has 15 heteroatoms. The molecule has 15 nitrogen and oxygen atoms in total. The van der Waals surface area contributed by atoms with Crippen molar-refractivity contribution in [3.05, 3.63) is 35.9 Å². The molecule has 0 saturated carbocycles. The van der Waals surface area contributed by atoms with Crippen LogP contribution in [-0.2, 0) is 40.0 Å². The van der Waals surface area contributed by atoms with Crippen LogP contribution in [0.3, 0.4) is 0 Å². The van der Waals surface area contributed by atoms with E-state index in [1.807, 2.05) is 13.8 Å². The third kappa shape index (κ3) is 14.0. The first-order valence-electron chi connectivity index (χ1n) is 17.8. The Labute approximate surface area is 300 Å². The lowest BCUT2D eigenvalue weighted by Gasteiger charge is -2.28. The van der Waals surface area contributed by atoms with Gasteiger partial charge in [-0.3, -0.25) is 33.6 Å². The minimum atomic E-state index is -1.23. The fourth-order valence-electron chi connectivity index (χ4n) is 5.76. The molecule has 1 saturated heterocycles. The van der Waals surface area contributed by atoms with Crippen molar-refractivity contribution in [2.24, 2.45) is 17.6 Å². The Morgan fingerprint density at radius 2 is 1.41 bits per heavy atom. The van der Waals surface area contributed by atoms with E-state index in [0.29, 0.717) is 45.2 Å². The predicted molar refractivity (Wildman–Crippen MR) is 191 cm³/mol. The van der Waals surface area contributed by atoms with Gasteiger partial charge in [-0.2, -0.15) is 0 Å². The van der Waals surface area contributed by atoms with Crippen molar-refractivity contribution in [3.63, 3.8) is 0 Å². The van der Waals surface area contributed by atoms with E-state index in [4.69, 9.17) is 5.73 Å². The van der Waals surface area contributed by atoms with Crippen LogP contribution in [0.1, 0.15) is 85.6 Å². The molecule has 1 aliphatic rings. The summed E-state index contributed by atoms with van der Waals surface area (Å²) in [4.78, 5) is 92.5. The predicted octanol–water partition coefficient (Wildman–Crippen LogP) is 0.600. The van der Waals surface area contributed by atoms with Gasteiger partial charge in [0.05, 0.1) is 0 Å². The number of aliphatic carboxylic acids is 1. The van der Waals surface area contributed by atoms with E-state index in [9.17, 15) is 38.7 Å². The van der Waals surface area contributed by atoms with E-state index in [0.717, 1.165) is 5.56 Å². The molecule has 0 bridgehead atoms. The molecule has 51 heavy (non-hydrogen) atoms. The van der Waals surface area contributed by atoms with Gasteiger partial charge in [0.25, 0.3) is 0 Å². The molecule has 6 amide bonds. The molecule has 1 aromatic carbocycles. The number of benzene rings is 1. The molecular formula is C36H57N7O8. The monoisotopic (exact) mass is 715 g/mol. The fourth-order valence-corrected chi connectivity index (χ4v) is 5.76. The summed E-state index contributed by atoms with van der Waals surface area (Å²) >= 11 is 0. The third-order valence-corrected chi connectivity index (χ3v) is 8.70. The van der Waals surface area contributed by atoms with E-state index >= 15 is 0 Å². The van der Waals surface area contributed by atoms with Crippen LogP contribution in [0.2, 0.25) is 0 Å². The molecule has 0 aromatic heterocycles. The summed E-state index contributed by atoms with van der Waals surface area (Å²) in [5, 5.41) is 22.4. The molecule has 1 aromatic rings. The zero-order valence-electron chi connectivity index (χ0n) is 30.7. The largest absolute Gasteiger partial charge is 0.480 e. The van der Waals surface area contributed by atoms with E-state index in [2.05, 4.69) is 26.6 Å². The number of hydrogen-bond acceptors (Lipinski definition) is 8. The maximum Gasteiger partial charge on any atom is 0.325 e. The molecule has 1 heterocycles. The Morgan fingerprint density at radius 1 is 0.784 bits per heavy atom. The van der Waals surface area contributed by atoms with Crippen molar-refractivity contribution in [2.45, 2.75) is 123 Å². The van der Waals surface area contributed by atoms with Gasteiger partial charge < -0.3 is 42.3 Å². The molecule has 2 rings (SSSR count). The molecular weight excluding hydrogens is 658 g/mol. The van der Waals surface area contributed by atoms with Crippen LogP contribution in [0.4, 0.5) is 0 Å². The number of carboxylic acid groups (broad SMARTS) is 1. The highest BCUT2D eigenvalue weighted by Crippen LogP contribution is 2.20. The zero-order valence-corrected chi connectivity index (χ0v) is 30.7. The van der Waals surface area contributed by atoms with Gasteiger partial charge in [0.1, 0.15) is 36.3 Å². The Morgan fingerprint density at radius 3 is 2.00 bits per heavy atom. The van der Waals surface area contributed by atoms with Gasteiger partial charge in [-0.05, 0) is 69.9 Å². The smallest absolute Gasteiger partial charge is 0.325 e. The number of nitrogens with zero attached hydrogens (tertiary/aromatic N) is 1. The van der Waals surface area contributed by atoms with Gasteiger partial charge >= 0.3 is 5.97 Å². The lowest BCUT2D eigenvalue weighted by atomic mass is 10.0. The zero-order chi connectivity index (χ0) is 38.2. The minimum absolute atomic E-state index is 0.00583. The summed E-state index contributed by atoms with van der Waals surface area (Å²) in [6.45, 7) is 10.9. The molecule has 8 N–H and O–H groups in total. The highest BCUT2D eigenvalue weighted by Gasteiger charge is 2.36. The molecule has 0 unspecified atom stereocenters. The van der Waals surface area contributed by atoms with Gasteiger partial charge in [0.15, 0.2) is 0 Å². The Hall–Kier alpha value is -4.53. The van der Waals surface area contributed by atoms with Crippen molar-refractivity contribution >= 4 is 41.4 Å². The average Bonchev–Trinajstić information content (AvgIpc) is 3.57. The summed E-state index contributed by atoms with van der Waals surface area (Å²) in [6, 6.07) is 2.67. The van der Waals surface area contributed by atoms with Crippen LogP contribution in [0, 0.1) is 11.8 Å². The summed E-state index contributed by atoms with van der Waals surface area (Å²) in [5.41, 5.74) is 6.27. The molecule has 284 valence electrons. The second-order valence-corrected chi connectivity index (χ2v) is 14.0. The van der Waals surface area contributed by atoms with Gasteiger partial charge in [0.2, 0.25) is 35.4 Å². The fraction of sp³-hybridized carbons (Fsp3) is 0.639. The third-order valence-electron chi connectivity index (χ3n) is 8.70. The number of carbonyl (C=O) groups excluding carboxylic acids is 6. The Bertz CT molecular complexity index is 1360. The molecule has 1 fully saturated rings. The van der Waals surface area contributed by atoms with Gasteiger partial charge in [-0.25, -0.2) is 0 Å². The number of nitrogens with two attached hydrogens (primary N) is 1. The van der Waals surface area contributed by atoms with Crippen LogP contribution in [0.5, 0.6) is 0 Å². The lowest BCUT2D eigenvalue weighted by molar-refractivity contribution is -0.142. The first-order chi connectivity index (χ1) is 24.0. The van der Waals surface area contributed by atoms with Crippen LogP contribution in [0.15, 0.2) is 30.3 Å². The van der Waals surface area contributed by atoms with E-state index in [1.165, 1.54) is 13.8 Å². The van der Waals surface area contributed by atoms with Gasteiger partial charge in [0, 0.05) is 19.4 Å². The minimum Gasteiger partial charge on any atom is -0.480 e. The van der Waals surface area contributed by atoms with Crippen molar-refractivity contribution in [1.82, 2.24) is 31.5 Å². The van der Waals surface area contributed by atoms with Crippen LogP contribution < -0.4 is 32.3 Å². The van der Waals surface area contributed by atoms with Crippen LogP contribution >= 0.6 is 0 Å². The van der Waals surface area contributed by atoms with Crippen molar-refractivity contribution in [2.75, 3.05) is 13.1 Å². The number of likely N-dealkylation sites (tertiary alicyclic amines) is 1. The lowest BCUT2D eigenvalue weighted by Crippen LogP contribution is -2.60. The number of nitrogens with one attached hydrogen (secondary N) is 5. The average molecular weight is 716 g/mol. The van der Waals surface area contributed by atoms with Crippen LogP contribution in [-0.4, -0.2) is 101 Å². The number of carboxylic acids is 1. The number of hydrogen-bond donors (Lipinski definition) is 7. The number of amides is 6. The summed E-state index contributed by atoms with van der Waals surface area (Å²) < 4.78 is 0. The Kier molecular flexibility index (Phi) is 17.5. The van der Waals surface area contributed by atoms with E-state index in [-0.39, 0.29) is 24.7 Å². The van der Waals surface area contributed by atoms with Gasteiger partial charge in [-0.1, -0.05) is 58.0 Å². The number of rotatable bonds is 20. The Balaban J connectivity index is 2.17. The maximum absolute atomic E-state index is 13.6. The normalized spacial score (nSPS) is 17.1. The van der Waals surface area contributed by atoms with E-state index < -0.39 is 77.7 Å².